The summed E-state index contributed by atoms with van der Waals surface area (Å²) < 4.78 is 0. The molecule has 0 saturated heterocycles. The van der Waals surface area contributed by atoms with Crippen LogP contribution < -0.4 is 10.9 Å². The third-order valence-corrected chi connectivity index (χ3v) is 3.79. The topological polar surface area (TPSA) is 82.2 Å². The van der Waals surface area contributed by atoms with Crippen LogP contribution in [0.3, 0.4) is 0 Å². The van der Waals surface area contributed by atoms with Crippen molar-refractivity contribution < 1.29 is 9.90 Å². The SMILES string of the molecule is O=C(O)c1c(Nc2ccc(Cl)cc2)c(=O)[nH]c2ccc(Cl)cc12. The van der Waals surface area contributed by atoms with Gasteiger partial charge in [0.1, 0.15) is 5.69 Å². The molecular weight excluding hydrogens is 339 g/mol. The van der Waals surface area contributed by atoms with E-state index in [1.165, 1.54) is 6.07 Å². The molecule has 0 bridgehead atoms. The number of aromatic amines is 1. The number of hydrogen-bond acceptors (Lipinski definition) is 3. The highest BCUT2D eigenvalue weighted by atomic mass is 35.5. The van der Waals surface area contributed by atoms with Gasteiger partial charge in [-0.3, -0.25) is 4.79 Å². The lowest BCUT2D eigenvalue weighted by atomic mass is 10.1. The average Bonchev–Trinajstić information content (AvgIpc) is 2.50. The second kappa shape index (κ2) is 5.95. The molecule has 7 heteroatoms. The van der Waals surface area contributed by atoms with Crippen molar-refractivity contribution in [2.24, 2.45) is 0 Å². The van der Waals surface area contributed by atoms with Gasteiger partial charge in [0.05, 0.1) is 5.56 Å². The zero-order chi connectivity index (χ0) is 16.6. The molecule has 1 heterocycles. The maximum absolute atomic E-state index is 12.3. The zero-order valence-corrected chi connectivity index (χ0v) is 13.1. The van der Waals surface area contributed by atoms with E-state index < -0.39 is 11.5 Å². The molecule has 3 rings (SSSR count). The van der Waals surface area contributed by atoms with E-state index in [2.05, 4.69) is 10.3 Å². The number of aromatic nitrogens is 1. The summed E-state index contributed by atoms with van der Waals surface area (Å²) in [5.74, 6) is -1.22. The lowest BCUT2D eigenvalue weighted by Crippen LogP contribution is -2.17. The number of nitrogens with one attached hydrogen (secondary N) is 2. The van der Waals surface area contributed by atoms with Crippen LogP contribution in [0, 0.1) is 0 Å². The number of H-pyrrole nitrogens is 1. The van der Waals surface area contributed by atoms with Gasteiger partial charge in [0.25, 0.3) is 5.56 Å². The Morgan fingerprint density at radius 3 is 2.35 bits per heavy atom. The first-order valence-electron chi connectivity index (χ1n) is 6.57. The van der Waals surface area contributed by atoms with Crippen LogP contribution in [0.1, 0.15) is 10.4 Å². The Labute approximate surface area is 140 Å². The van der Waals surface area contributed by atoms with E-state index >= 15 is 0 Å². The van der Waals surface area contributed by atoms with Gasteiger partial charge in [-0.1, -0.05) is 23.2 Å². The van der Waals surface area contributed by atoms with E-state index in [1.54, 1.807) is 36.4 Å². The lowest BCUT2D eigenvalue weighted by Gasteiger charge is -2.11. The summed E-state index contributed by atoms with van der Waals surface area (Å²) in [5, 5.41) is 13.6. The zero-order valence-electron chi connectivity index (χ0n) is 11.6. The van der Waals surface area contributed by atoms with Crippen molar-refractivity contribution in [3.05, 3.63) is 68.4 Å². The van der Waals surface area contributed by atoms with Gasteiger partial charge in [-0.2, -0.15) is 0 Å². The minimum Gasteiger partial charge on any atom is -0.478 e. The number of anilines is 2. The molecule has 0 aliphatic rings. The largest absolute Gasteiger partial charge is 0.478 e. The molecule has 0 radical (unpaired) electrons. The summed E-state index contributed by atoms with van der Waals surface area (Å²) in [6, 6.07) is 11.2. The van der Waals surface area contributed by atoms with Crippen LogP contribution in [-0.4, -0.2) is 16.1 Å². The van der Waals surface area contributed by atoms with Crippen LogP contribution in [0.4, 0.5) is 11.4 Å². The summed E-state index contributed by atoms with van der Waals surface area (Å²) >= 11 is 11.8. The first kappa shape index (κ1) is 15.4. The molecular formula is C16H10Cl2N2O3. The first-order chi connectivity index (χ1) is 11.0. The van der Waals surface area contributed by atoms with E-state index in [9.17, 15) is 14.7 Å². The standard InChI is InChI=1S/C16H10Cl2N2O3/c17-8-1-4-10(5-2-8)19-14-13(16(22)23)11-7-9(18)3-6-12(11)20-15(14)21/h1-7,19H,(H,20,21)(H,22,23). The number of carboxylic acids is 1. The number of rotatable bonds is 3. The molecule has 0 saturated carbocycles. The smallest absolute Gasteiger partial charge is 0.338 e. The number of aromatic carboxylic acids is 1. The molecule has 2 aromatic carbocycles. The highest BCUT2D eigenvalue weighted by Gasteiger charge is 2.19. The van der Waals surface area contributed by atoms with Crippen molar-refractivity contribution >= 4 is 51.4 Å². The number of hydrogen-bond donors (Lipinski definition) is 3. The maximum atomic E-state index is 12.3. The molecule has 23 heavy (non-hydrogen) atoms. The summed E-state index contributed by atoms with van der Waals surface area (Å²) in [6.45, 7) is 0. The van der Waals surface area contributed by atoms with Crippen LogP contribution in [0.2, 0.25) is 10.0 Å². The fourth-order valence-corrected chi connectivity index (χ4v) is 2.58. The van der Waals surface area contributed by atoms with Gasteiger partial charge in [-0.15, -0.1) is 0 Å². The first-order valence-corrected chi connectivity index (χ1v) is 7.33. The third-order valence-electron chi connectivity index (χ3n) is 3.30. The minimum absolute atomic E-state index is 0.0606. The minimum atomic E-state index is -1.22. The highest BCUT2D eigenvalue weighted by Crippen LogP contribution is 2.27. The van der Waals surface area contributed by atoms with Gasteiger partial charge < -0.3 is 15.4 Å². The predicted molar refractivity (Wildman–Crippen MR) is 91.3 cm³/mol. The van der Waals surface area contributed by atoms with Gasteiger partial charge >= 0.3 is 5.97 Å². The van der Waals surface area contributed by atoms with Crippen LogP contribution in [-0.2, 0) is 0 Å². The molecule has 1 aromatic heterocycles. The highest BCUT2D eigenvalue weighted by molar-refractivity contribution is 6.31. The van der Waals surface area contributed by atoms with Gasteiger partial charge in [0.2, 0.25) is 0 Å². The molecule has 0 fully saturated rings. The Balaban J connectivity index is 2.24. The van der Waals surface area contributed by atoms with Crippen molar-refractivity contribution in [2.45, 2.75) is 0 Å². The second-order valence-electron chi connectivity index (χ2n) is 4.83. The molecule has 0 atom stereocenters. The van der Waals surface area contributed by atoms with Crippen molar-refractivity contribution in [1.82, 2.24) is 4.98 Å². The van der Waals surface area contributed by atoms with Crippen molar-refractivity contribution in [1.29, 1.82) is 0 Å². The normalized spacial score (nSPS) is 10.7. The molecule has 0 spiro atoms. The third kappa shape index (κ3) is 3.02. The van der Waals surface area contributed by atoms with Crippen molar-refractivity contribution in [3.63, 3.8) is 0 Å². The molecule has 0 aliphatic heterocycles. The van der Waals surface area contributed by atoms with Gasteiger partial charge in [0.15, 0.2) is 0 Å². The Morgan fingerprint density at radius 2 is 1.70 bits per heavy atom. The fourth-order valence-electron chi connectivity index (χ4n) is 2.28. The van der Waals surface area contributed by atoms with E-state index in [1.807, 2.05) is 0 Å². The summed E-state index contributed by atoms with van der Waals surface area (Å²) in [5.41, 5.74) is 0.213. The monoisotopic (exact) mass is 348 g/mol. The second-order valence-corrected chi connectivity index (χ2v) is 5.70. The van der Waals surface area contributed by atoms with Crippen LogP contribution in [0.5, 0.6) is 0 Å². The Hall–Kier alpha value is -2.50. The van der Waals surface area contributed by atoms with Crippen molar-refractivity contribution in [3.8, 4) is 0 Å². The van der Waals surface area contributed by atoms with E-state index in [0.29, 0.717) is 26.6 Å². The summed E-state index contributed by atoms with van der Waals surface area (Å²) in [6.07, 6.45) is 0. The maximum Gasteiger partial charge on any atom is 0.338 e. The Morgan fingerprint density at radius 1 is 1.04 bits per heavy atom. The molecule has 0 unspecified atom stereocenters. The number of carbonyl (C=O) groups is 1. The Kier molecular flexibility index (Phi) is 3.98. The number of pyridine rings is 1. The van der Waals surface area contributed by atoms with Crippen LogP contribution in [0.15, 0.2) is 47.3 Å². The molecule has 3 aromatic rings. The fraction of sp³-hybridized carbons (Fsp3) is 0. The van der Waals surface area contributed by atoms with Gasteiger partial charge in [0, 0.05) is 26.6 Å². The van der Waals surface area contributed by atoms with E-state index in [0.717, 1.165) is 0 Å². The lowest BCUT2D eigenvalue weighted by molar-refractivity contribution is 0.0700. The summed E-state index contributed by atoms with van der Waals surface area (Å²) in [7, 11) is 0. The average molecular weight is 349 g/mol. The molecule has 3 N–H and O–H groups in total. The molecule has 0 aliphatic carbocycles. The van der Waals surface area contributed by atoms with Crippen molar-refractivity contribution in [2.75, 3.05) is 5.32 Å². The number of fused-ring (bicyclic) bond motifs is 1. The number of carboxylic acid groups (broad SMARTS) is 1. The predicted octanol–water partition coefficient (Wildman–Crippen LogP) is 4.28. The molecule has 0 amide bonds. The number of halogens is 2. The van der Waals surface area contributed by atoms with Gasteiger partial charge in [-0.05, 0) is 42.5 Å². The number of benzene rings is 2. The summed E-state index contributed by atoms with van der Waals surface area (Å²) in [4.78, 5) is 26.6. The van der Waals surface area contributed by atoms with E-state index in [-0.39, 0.29) is 11.3 Å². The Bertz CT molecular complexity index is 965. The molecule has 116 valence electrons. The van der Waals surface area contributed by atoms with Crippen LogP contribution in [0.25, 0.3) is 10.9 Å². The van der Waals surface area contributed by atoms with E-state index in [4.69, 9.17) is 23.2 Å². The van der Waals surface area contributed by atoms with Gasteiger partial charge in [-0.25, -0.2) is 4.79 Å². The van der Waals surface area contributed by atoms with Crippen LogP contribution >= 0.6 is 23.2 Å². The molecule has 5 nitrogen and oxygen atoms in total. The quantitative estimate of drug-likeness (QED) is 0.659.